The molecule has 1 aromatic rings. The minimum absolute atomic E-state index is 0.0305. The van der Waals surface area contributed by atoms with Crippen LogP contribution in [0.25, 0.3) is 0 Å². The summed E-state index contributed by atoms with van der Waals surface area (Å²) in [5.41, 5.74) is 5.95. The van der Waals surface area contributed by atoms with Crippen molar-refractivity contribution in [3.8, 4) is 5.75 Å². The second-order valence-electron chi connectivity index (χ2n) is 10.6. The number of thioether (sulfide) groups is 1. The van der Waals surface area contributed by atoms with Gasteiger partial charge >= 0.3 is 30.3 Å². The smallest absolute Gasteiger partial charge is 0.488 e. The van der Waals surface area contributed by atoms with Gasteiger partial charge in [0, 0.05) is 18.2 Å². The summed E-state index contributed by atoms with van der Waals surface area (Å²) in [7, 11) is 0. The summed E-state index contributed by atoms with van der Waals surface area (Å²) >= 11 is 5.70. The van der Waals surface area contributed by atoms with E-state index in [0.717, 1.165) is 0 Å². The number of ether oxygens (including phenoxy) is 1. The monoisotopic (exact) mass is 751 g/mol. The van der Waals surface area contributed by atoms with Gasteiger partial charge in [-0.25, -0.2) is 14.4 Å². The Bertz CT molecular complexity index is 1230. The molecule has 0 saturated carbocycles. The highest BCUT2D eigenvalue weighted by atomic mass is 32.2. The zero-order valence-corrected chi connectivity index (χ0v) is 28.2. The number of carbonyl (C=O) groups excluding carboxylic acids is 2. The van der Waals surface area contributed by atoms with E-state index in [2.05, 4.69) is 17.9 Å². The summed E-state index contributed by atoms with van der Waals surface area (Å²) in [5.74, 6) is -6.13. The molecule has 0 aliphatic carbocycles. The van der Waals surface area contributed by atoms with E-state index < -0.39 is 60.3 Å². The van der Waals surface area contributed by atoms with Gasteiger partial charge in [0.25, 0.3) is 0 Å². The van der Waals surface area contributed by atoms with Gasteiger partial charge in [-0.05, 0) is 36.5 Å². The summed E-state index contributed by atoms with van der Waals surface area (Å²) in [6.07, 6.45) is -4.57. The number of hydrogen-bond acceptors (Lipinski definition) is 9. The molecule has 20 heteroatoms. The number of amides is 2. The Hall–Kier alpha value is -3.65. The van der Waals surface area contributed by atoms with Gasteiger partial charge in [0.2, 0.25) is 11.8 Å². The molecule has 1 aliphatic rings. The first-order valence-corrected chi connectivity index (χ1v) is 16.3. The first kappa shape index (κ1) is 45.3. The molecule has 278 valence electrons. The van der Waals surface area contributed by atoms with Crippen molar-refractivity contribution < 1.29 is 70.4 Å². The van der Waals surface area contributed by atoms with Crippen LogP contribution >= 0.6 is 24.4 Å². The molecule has 0 radical (unpaired) electrons. The van der Waals surface area contributed by atoms with Crippen LogP contribution in [-0.2, 0) is 24.0 Å². The van der Waals surface area contributed by atoms with Crippen molar-refractivity contribution in [2.24, 2.45) is 17.6 Å². The molecule has 0 bridgehead atoms. The number of thiol groups is 1. The molecule has 2 rings (SSSR count). The highest BCUT2D eigenvalue weighted by molar-refractivity contribution is 7.98. The zero-order chi connectivity index (χ0) is 38.1. The van der Waals surface area contributed by atoms with Gasteiger partial charge in [-0.2, -0.15) is 50.7 Å². The van der Waals surface area contributed by atoms with E-state index in [1.54, 1.807) is 12.2 Å². The number of benzene rings is 1. The van der Waals surface area contributed by atoms with E-state index in [-0.39, 0.29) is 30.8 Å². The maximum absolute atomic E-state index is 13.7. The molecule has 0 spiro atoms. The van der Waals surface area contributed by atoms with Gasteiger partial charge in [0.15, 0.2) is 0 Å². The highest BCUT2D eigenvalue weighted by Gasteiger charge is 2.44. The Morgan fingerprint density at radius 2 is 1.53 bits per heavy atom. The number of nitrogens with zero attached hydrogens (tertiary/aromatic N) is 1. The predicted molar refractivity (Wildman–Crippen MR) is 170 cm³/mol. The SMILES string of the molecule is CSCC[C@H](NC(=O)[C@@H]1C[C@H](Oc2ccccc2)CN1C(=O)[C@H](/C=C/[C@@H](N)CS)C(C)C)C(=O)O.O=C(O)C(F)(F)F.O=C(O)C(F)(F)F. The number of carboxylic acids is 3. The fourth-order valence-electron chi connectivity index (χ4n) is 3.93. The second kappa shape index (κ2) is 21.4. The molecule has 0 unspecified atom stereocenters. The van der Waals surface area contributed by atoms with Crippen LogP contribution in [0.3, 0.4) is 0 Å². The van der Waals surface area contributed by atoms with Crippen molar-refractivity contribution >= 4 is 54.1 Å². The molecule has 5 atom stereocenters. The van der Waals surface area contributed by atoms with Gasteiger partial charge in [-0.3, -0.25) is 9.59 Å². The van der Waals surface area contributed by atoms with Crippen LogP contribution in [0.2, 0.25) is 0 Å². The lowest BCUT2D eigenvalue weighted by molar-refractivity contribution is -0.193. The summed E-state index contributed by atoms with van der Waals surface area (Å²) < 4.78 is 69.5. The summed E-state index contributed by atoms with van der Waals surface area (Å²) in [5, 5.41) is 26.5. The summed E-state index contributed by atoms with van der Waals surface area (Å²) in [6, 6.07) is 7.09. The fourth-order valence-corrected chi connectivity index (χ4v) is 4.53. The number of para-hydroxylation sites is 1. The molecule has 12 nitrogen and oxygen atoms in total. The Morgan fingerprint density at radius 1 is 1.02 bits per heavy atom. The molecule has 2 amide bonds. The maximum Gasteiger partial charge on any atom is 0.490 e. The van der Waals surface area contributed by atoms with Gasteiger partial charge in [-0.15, -0.1) is 0 Å². The number of carbonyl (C=O) groups is 5. The number of carboxylic acid groups (broad SMARTS) is 3. The van der Waals surface area contributed by atoms with Crippen LogP contribution in [0.4, 0.5) is 26.3 Å². The van der Waals surface area contributed by atoms with Crippen molar-refractivity contribution in [3.05, 3.63) is 42.5 Å². The van der Waals surface area contributed by atoms with E-state index in [1.165, 1.54) is 16.7 Å². The number of halogens is 6. The first-order valence-electron chi connectivity index (χ1n) is 14.3. The lowest BCUT2D eigenvalue weighted by Crippen LogP contribution is -2.52. The molecule has 6 N–H and O–H groups in total. The zero-order valence-electron chi connectivity index (χ0n) is 26.5. The molecule has 1 heterocycles. The lowest BCUT2D eigenvalue weighted by atomic mass is 9.93. The molecule has 49 heavy (non-hydrogen) atoms. The van der Waals surface area contributed by atoms with Crippen molar-refractivity contribution in [1.29, 1.82) is 0 Å². The van der Waals surface area contributed by atoms with E-state index in [4.69, 9.17) is 30.3 Å². The third-order valence-electron chi connectivity index (χ3n) is 6.38. The van der Waals surface area contributed by atoms with E-state index >= 15 is 0 Å². The third kappa shape index (κ3) is 17.5. The molecule has 1 aromatic carbocycles. The molecule has 1 aliphatic heterocycles. The van der Waals surface area contributed by atoms with Gasteiger partial charge < -0.3 is 36.0 Å². The Balaban J connectivity index is 0.00000137. The average Bonchev–Trinajstić information content (AvgIpc) is 3.42. The Morgan fingerprint density at radius 3 is 1.94 bits per heavy atom. The highest BCUT2D eigenvalue weighted by Crippen LogP contribution is 2.28. The number of nitrogens with two attached hydrogens (primary N) is 1. The Labute approximate surface area is 287 Å². The van der Waals surface area contributed by atoms with Crippen LogP contribution in [0.15, 0.2) is 42.5 Å². The summed E-state index contributed by atoms with van der Waals surface area (Å²) in [4.78, 5) is 57.9. The molecule has 1 saturated heterocycles. The normalized spacial score (nSPS) is 17.9. The van der Waals surface area contributed by atoms with Gasteiger partial charge in [0.1, 0.15) is 23.9 Å². The van der Waals surface area contributed by atoms with Crippen LogP contribution in [-0.4, -0.2) is 111 Å². The standard InChI is InChI=1S/C25H37N3O5S2.2C2HF3O2/c1-16(2)20(10-9-17(26)15-34)24(30)28-14-19(33-18-7-5-4-6-8-18)13-22(28)23(29)27-21(25(31)32)11-12-35-3;2*3-2(4,5)1(6)7/h4-10,16-17,19-22,34H,11-15,26H2,1-3H3,(H,27,29)(H,31,32);2*(H,6,7)/b10-9+;;/t17-,19+,20-,21+,22+;;/m1../s1. The minimum Gasteiger partial charge on any atom is -0.488 e. The summed E-state index contributed by atoms with van der Waals surface area (Å²) in [6.45, 7) is 4.10. The third-order valence-corrected chi connectivity index (χ3v) is 7.45. The lowest BCUT2D eigenvalue weighted by Gasteiger charge is -2.29. The number of likely N-dealkylation sites (tertiary alicyclic amines) is 1. The molecule has 1 fully saturated rings. The van der Waals surface area contributed by atoms with E-state index in [1.807, 2.05) is 50.4 Å². The predicted octanol–water partition coefficient (Wildman–Crippen LogP) is 3.71. The van der Waals surface area contributed by atoms with Crippen LogP contribution in [0.1, 0.15) is 26.7 Å². The number of aliphatic carboxylic acids is 3. The van der Waals surface area contributed by atoms with Crippen LogP contribution in [0.5, 0.6) is 5.75 Å². The average molecular weight is 752 g/mol. The number of hydrogen-bond donors (Lipinski definition) is 6. The van der Waals surface area contributed by atoms with Gasteiger partial charge in [-0.1, -0.05) is 44.2 Å². The van der Waals surface area contributed by atoms with Crippen LogP contribution in [0, 0.1) is 11.8 Å². The Kier molecular flexibility index (Phi) is 19.8. The van der Waals surface area contributed by atoms with E-state index in [9.17, 15) is 45.8 Å². The molecule has 0 aromatic heterocycles. The molecular weight excluding hydrogens is 712 g/mol. The van der Waals surface area contributed by atoms with Crippen molar-refractivity contribution in [2.45, 2.75) is 63.3 Å². The van der Waals surface area contributed by atoms with Crippen molar-refractivity contribution in [2.75, 3.05) is 24.3 Å². The largest absolute Gasteiger partial charge is 0.490 e. The minimum atomic E-state index is -5.08. The number of rotatable bonds is 13. The molecular formula is C29H39F6N3O9S2. The quantitative estimate of drug-likeness (QED) is 0.0977. The van der Waals surface area contributed by atoms with Crippen LogP contribution < -0.4 is 15.8 Å². The van der Waals surface area contributed by atoms with Crippen molar-refractivity contribution in [3.63, 3.8) is 0 Å². The number of alkyl halides is 6. The second-order valence-corrected chi connectivity index (χ2v) is 11.9. The fraction of sp³-hybridized carbons (Fsp3) is 0.552. The number of nitrogens with one attached hydrogen (secondary N) is 1. The van der Waals surface area contributed by atoms with Gasteiger partial charge in [0.05, 0.1) is 12.5 Å². The topological polar surface area (TPSA) is 197 Å². The van der Waals surface area contributed by atoms with Crippen molar-refractivity contribution in [1.82, 2.24) is 10.2 Å². The first-order chi connectivity index (χ1) is 22.6. The maximum atomic E-state index is 13.7. The van der Waals surface area contributed by atoms with E-state index in [0.29, 0.717) is 23.7 Å².